The number of nitrogens with zero attached hydrogens (tertiary/aromatic N) is 2. The van der Waals surface area contributed by atoms with E-state index in [9.17, 15) is 37.5 Å². The summed E-state index contributed by atoms with van der Waals surface area (Å²) in [7, 11) is 3.29. The SMILES string of the molecule is C[C@@H](NC(=O)C(N)C(F)(F)F)C1C(=O)N2C(C(=O)O)=C(S[C@@H]3CN[C@H](C(=O)N(C)C)C3)[C@H](C)[C@H]12. The Morgan fingerprint density at radius 3 is 2.47 bits per heavy atom. The Balaban J connectivity index is 1.73. The van der Waals surface area contributed by atoms with Crippen molar-refractivity contribution in [3.63, 3.8) is 0 Å². The van der Waals surface area contributed by atoms with E-state index in [2.05, 4.69) is 10.6 Å². The summed E-state index contributed by atoms with van der Waals surface area (Å²) in [5, 5.41) is 15.0. The lowest BCUT2D eigenvalue weighted by Crippen LogP contribution is -2.67. The number of amides is 3. The van der Waals surface area contributed by atoms with Crippen LogP contribution >= 0.6 is 11.8 Å². The molecule has 2 unspecified atom stereocenters. The van der Waals surface area contributed by atoms with Crippen molar-refractivity contribution in [1.82, 2.24) is 20.4 Å². The van der Waals surface area contributed by atoms with Gasteiger partial charge in [0.1, 0.15) is 5.70 Å². The van der Waals surface area contributed by atoms with Crippen LogP contribution in [-0.4, -0.2) is 94.8 Å². The maximum Gasteiger partial charge on any atom is 0.412 e. The molecule has 2 fully saturated rings. The second-order valence-electron chi connectivity index (χ2n) is 9.02. The zero-order chi connectivity index (χ0) is 25.7. The van der Waals surface area contributed by atoms with Gasteiger partial charge in [-0.25, -0.2) is 4.79 Å². The first-order valence-electron chi connectivity index (χ1n) is 10.7. The van der Waals surface area contributed by atoms with Crippen LogP contribution in [0.5, 0.6) is 0 Å². The van der Waals surface area contributed by atoms with Gasteiger partial charge in [0.05, 0.1) is 18.0 Å². The Hall–Kier alpha value is -2.32. The van der Waals surface area contributed by atoms with E-state index in [1.807, 2.05) is 0 Å². The fourth-order valence-corrected chi connectivity index (χ4v) is 6.20. The number of carbonyl (C=O) groups excluding carboxylic acids is 3. The first kappa shape index (κ1) is 26.3. The van der Waals surface area contributed by atoms with Crippen molar-refractivity contribution in [2.75, 3.05) is 20.6 Å². The molecule has 0 aromatic carbocycles. The molecular formula is C20H28F3N5O5S. The molecule has 0 bridgehead atoms. The Kier molecular flexibility index (Phi) is 7.25. The van der Waals surface area contributed by atoms with E-state index in [0.717, 1.165) is 4.90 Å². The second kappa shape index (κ2) is 9.38. The summed E-state index contributed by atoms with van der Waals surface area (Å²) in [4.78, 5) is 52.1. The summed E-state index contributed by atoms with van der Waals surface area (Å²) < 4.78 is 38.2. The molecular weight excluding hydrogens is 479 g/mol. The zero-order valence-corrected chi connectivity index (χ0v) is 19.9. The molecule has 190 valence electrons. The highest BCUT2D eigenvalue weighted by Gasteiger charge is 2.61. The number of nitrogens with one attached hydrogen (secondary N) is 2. The van der Waals surface area contributed by atoms with Gasteiger partial charge in [-0.05, 0) is 13.3 Å². The van der Waals surface area contributed by atoms with Crippen molar-refractivity contribution in [3.05, 3.63) is 10.6 Å². The monoisotopic (exact) mass is 507 g/mol. The van der Waals surface area contributed by atoms with Gasteiger partial charge in [0.25, 0.3) is 0 Å². The molecule has 3 amide bonds. The number of thioether (sulfide) groups is 1. The van der Waals surface area contributed by atoms with E-state index in [1.165, 1.54) is 23.6 Å². The van der Waals surface area contributed by atoms with Crippen molar-refractivity contribution in [2.24, 2.45) is 17.6 Å². The van der Waals surface area contributed by atoms with Gasteiger partial charge in [0.2, 0.25) is 17.7 Å². The predicted octanol–water partition coefficient (Wildman–Crippen LogP) is -0.294. The molecule has 10 nitrogen and oxygen atoms in total. The van der Waals surface area contributed by atoms with Crippen LogP contribution in [0.25, 0.3) is 0 Å². The molecule has 3 rings (SSSR count). The molecule has 34 heavy (non-hydrogen) atoms. The average molecular weight is 508 g/mol. The average Bonchev–Trinajstić information content (AvgIpc) is 3.28. The largest absolute Gasteiger partial charge is 0.477 e. The number of fused-ring (bicyclic) bond motifs is 1. The highest BCUT2D eigenvalue weighted by molar-refractivity contribution is 8.03. The summed E-state index contributed by atoms with van der Waals surface area (Å²) in [6, 6.07) is -4.72. The standard InChI is InChI=1S/C20H28F3N5O5S/c1-7-12-11(8(2)26-16(29)15(24)20(21,22)23)18(31)28(12)13(19(32)33)14(7)34-9-5-10(25-6-9)17(30)27(3)4/h7-12,15,25H,5-6,24H2,1-4H3,(H,26,29)(H,32,33)/t7-,8-,9+,10+,11?,12-,15?/m1/s1. The van der Waals surface area contributed by atoms with Crippen LogP contribution < -0.4 is 16.4 Å². The van der Waals surface area contributed by atoms with Crippen molar-refractivity contribution < 1.29 is 37.5 Å². The highest BCUT2D eigenvalue weighted by atomic mass is 32.2. The normalized spacial score (nSPS) is 30.5. The maximum atomic E-state index is 12.8. The Labute approximate surface area is 198 Å². The molecule has 0 aromatic heterocycles. The molecule has 2 saturated heterocycles. The fraction of sp³-hybridized carbons (Fsp3) is 0.700. The number of β-lactam (4-membered cyclic amide) rings is 1. The Bertz CT molecular complexity index is 927. The number of alkyl halides is 3. The van der Waals surface area contributed by atoms with Gasteiger partial charge in [-0.3, -0.25) is 14.4 Å². The van der Waals surface area contributed by atoms with Crippen molar-refractivity contribution in [2.45, 2.75) is 55.9 Å². The molecule has 3 heterocycles. The van der Waals surface area contributed by atoms with Gasteiger partial charge in [-0.1, -0.05) is 6.92 Å². The minimum atomic E-state index is -4.93. The molecule has 0 radical (unpaired) electrons. The van der Waals surface area contributed by atoms with Crippen LogP contribution in [-0.2, 0) is 19.2 Å². The van der Waals surface area contributed by atoms with Gasteiger partial charge in [-0.15, -0.1) is 11.8 Å². The minimum absolute atomic E-state index is 0.0873. The van der Waals surface area contributed by atoms with E-state index in [1.54, 1.807) is 21.0 Å². The van der Waals surface area contributed by atoms with Gasteiger partial charge < -0.3 is 31.3 Å². The highest BCUT2D eigenvalue weighted by Crippen LogP contribution is 2.51. The van der Waals surface area contributed by atoms with E-state index in [0.29, 0.717) is 17.9 Å². The summed E-state index contributed by atoms with van der Waals surface area (Å²) in [6.45, 7) is 3.62. The number of carboxylic acids is 1. The number of carboxylic acid groups (broad SMARTS) is 1. The van der Waals surface area contributed by atoms with Crippen LogP contribution in [0, 0.1) is 11.8 Å². The molecule has 0 saturated carbocycles. The van der Waals surface area contributed by atoms with Crippen LogP contribution in [0.4, 0.5) is 13.2 Å². The van der Waals surface area contributed by atoms with Gasteiger partial charge in [0, 0.05) is 42.8 Å². The number of aliphatic carboxylic acids is 1. The van der Waals surface area contributed by atoms with Crippen molar-refractivity contribution in [1.29, 1.82) is 0 Å². The van der Waals surface area contributed by atoms with Crippen LogP contribution in [0.1, 0.15) is 20.3 Å². The van der Waals surface area contributed by atoms with Gasteiger partial charge in [0.15, 0.2) is 6.04 Å². The number of rotatable bonds is 7. The molecule has 0 spiro atoms. The third kappa shape index (κ3) is 4.62. The molecule has 14 heteroatoms. The summed E-state index contributed by atoms with van der Waals surface area (Å²) >= 11 is 1.29. The molecule has 0 aromatic rings. The van der Waals surface area contributed by atoms with E-state index >= 15 is 0 Å². The first-order valence-corrected chi connectivity index (χ1v) is 11.6. The number of hydrogen-bond acceptors (Lipinski definition) is 7. The van der Waals surface area contributed by atoms with Gasteiger partial charge >= 0.3 is 12.1 Å². The topological polar surface area (TPSA) is 145 Å². The van der Waals surface area contributed by atoms with E-state index in [-0.39, 0.29) is 16.9 Å². The summed E-state index contributed by atoms with van der Waals surface area (Å²) in [5.74, 6) is -4.72. The lowest BCUT2D eigenvalue weighted by Gasteiger charge is -2.47. The van der Waals surface area contributed by atoms with Gasteiger partial charge in [-0.2, -0.15) is 13.2 Å². The van der Waals surface area contributed by atoms with Crippen LogP contribution in [0.15, 0.2) is 10.6 Å². The minimum Gasteiger partial charge on any atom is -0.477 e. The third-order valence-electron chi connectivity index (χ3n) is 6.46. The first-order chi connectivity index (χ1) is 15.7. The fourth-order valence-electron chi connectivity index (χ4n) is 4.72. The quantitative estimate of drug-likeness (QED) is 0.344. The second-order valence-corrected chi connectivity index (χ2v) is 10.4. The summed E-state index contributed by atoms with van der Waals surface area (Å²) in [5.41, 5.74) is 4.79. The number of nitrogens with two attached hydrogens (primary N) is 1. The Morgan fingerprint density at radius 1 is 1.32 bits per heavy atom. The molecule has 3 aliphatic heterocycles. The van der Waals surface area contributed by atoms with Crippen molar-refractivity contribution >= 4 is 35.5 Å². The lowest BCUT2D eigenvalue weighted by molar-refractivity contribution is -0.165. The predicted molar refractivity (Wildman–Crippen MR) is 116 cm³/mol. The lowest BCUT2D eigenvalue weighted by atomic mass is 9.78. The zero-order valence-electron chi connectivity index (χ0n) is 19.0. The molecule has 3 aliphatic rings. The third-order valence-corrected chi connectivity index (χ3v) is 7.97. The molecule has 7 atom stereocenters. The number of halogens is 3. The number of hydrogen-bond donors (Lipinski definition) is 4. The van der Waals surface area contributed by atoms with E-state index in [4.69, 9.17) is 5.73 Å². The number of likely N-dealkylation sites (N-methyl/N-ethyl adjacent to an activating group) is 1. The molecule has 0 aliphatic carbocycles. The van der Waals surface area contributed by atoms with E-state index < -0.39 is 60.0 Å². The van der Waals surface area contributed by atoms with Crippen LogP contribution in [0.3, 0.4) is 0 Å². The van der Waals surface area contributed by atoms with Crippen molar-refractivity contribution in [3.8, 4) is 0 Å². The number of carbonyl (C=O) groups is 4. The van der Waals surface area contributed by atoms with Crippen LogP contribution in [0.2, 0.25) is 0 Å². The maximum absolute atomic E-state index is 12.8. The Morgan fingerprint density at radius 2 is 1.94 bits per heavy atom. The summed E-state index contributed by atoms with van der Waals surface area (Å²) in [6.07, 6.45) is -4.45. The molecule has 5 N–H and O–H groups in total. The smallest absolute Gasteiger partial charge is 0.412 e.